The number of furan rings is 1. The Balaban J connectivity index is 1.47. The van der Waals surface area contributed by atoms with Gasteiger partial charge in [-0.3, -0.25) is 0 Å². The number of nitrogens with zero attached hydrogens (tertiary/aromatic N) is 2. The molecule has 0 aliphatic rings. The second kappa shape index (κ2) is 9.93. The Morgan fingerprint density at radius 3 is 1.95 bits per heavy atom. The van der Waals surface area contributed by atoms with Crippen molar-refractivity contribution in [1.29, 1.82) is 5.26 Å². The fourth-order valence-corrected chi connectivity index (χ4v) is 5.77. The van der Waals surface area contributed by atoms with Gasteiger partial charge in [-0.05, 0) is 59.0 Å². The molecule has 0 unspecified atom stereocenters. The lowest BCUT2D eigenvalue weighted by Gasteiger charge is -2.08. The van der Waals surface area contributed by atoms with E-state index in [0.717, 1.165) is 66.6 Å². The summed E-state index contributed by atoms with van der Waals surface area (Å²) in [6.45, 7) is 2.07. The maximum atomic E-state index is 10.1. The first-order valence-corrected chi connectivity index (χ1v) is 13.7. The Kier molecular flexibility index (Phi) is 5.68. The smallest absolute Gasteiger partial charge is 0.216 e. The zero-order valence-corrected chi connectivity index (χ0v) is 22.8. The highest BCUT2D eigenvalue weighted by Gasteiger charge is 2.23. The predicted molar refractivity (Wildman–Crippen MR) is 166 cm³/mol. The molecule has 0 aliphatic carbocycles. The van der Waals surface area contributed by atoms with E-state index in [9.17, 15) is 5.26 Å². The minimum absolute atomic E-state index is 0.427. The van der Waals surface area contributed by atoms with Gasteiger partial charge in [-0.15, -0.1) is 0 Å². The standard InChI is InChI=1S/C38H27N2O/c1-25-16-19-32-33-20-17-30(23-39)36(29-15-9-14-28(22-29)26-10-5-3-6-11-26)38(33)41-37(32)35(25)34-21-18-31(24-40(34)2)27-12-7-4-8-13-27/h3-22,24H,1-2H3/q+1/i24D. The van der Waals surface area contributed by atoms with Crippen molar-refractivity contribution in [2.45, 2.75) is 6.92 Å². The van der Waals surface area contributed by atoms with Gasteiger partial charge in [0.15, 0.2) is 6.17 Å². The van der Waals surface area contributed by atoms with Crippen LogP contribution in [0, 0.1) is 18.3 Å². The van der Waals surface area contributed by atoms with Crippen LogP contribution in [0.25, 0.3) is 66.6 Å². The number of hydrogen-bond acceptors (Lipinski definition) is 2. The van der Waals surface area contributed by atoms with Crippen molar-refractivity contribution in [3.8, 4) is 50.7 Å². The highest BCUT2D eigenvalue weighted by Crippen LogP contribution is 2.42. The Hall–Kier alpha value is -5.46. The summed E-state index contributed by atoms with van der Waals surface area (Å²) in [6, 6.07) is 43.1. The van der Waals surface area contributed by atoms with E-state index in [1.807, 2.05) is 90.5 Å². The van der Waals surface area contributed by atoms with E-state index >= 15 is 0 Å². The van der Waals surface area contributed by atoms with Crippen molar-refractivity contribution in [3.63, 3.8) is 0 Å². The average Bonchev–Trinajstić information content (AvgIpc) is 3.41. The number of pyridine rings is 1. The second-order valence-corrected chi connectivity index (χ2v) is 10.3. The monoisotopic (exact) mass is 528 g/mol. The molecule has 0 saturated heterocycles. The summed E-state index contributed by atoms with van der Waals surface area (Å²) >= 11 is 0. The molecule has 3 nitrogen and oxygen atoms in total. The van der Waals surface area contributed by atoms with Gasteiger partial charge in [-0.1, -0.05) is 91.0 Å². The van der Waals surface area contributed by atoms with Gasteiger partial charge in [-0.25, -0.2) is 4.57 Å². The molecule has 0 amide bonds. The summed E-state index contributed by atoms with van der Waals surface area (Å²) in [5, 5.41) is 12.1. The first kappa shape index (κ1) is 23.4. The van der Waals surface area contributed by atoms with Crippen LogP contribution in [0.15, 0.2) is 132 Å². The van der Waals surface area contributed by atoms with E-state index in [4.69, 9.17) is 5.79 Å². The van der Waals surface area contributed by atoms with Crippen molar-refractivity contribution in [1.82, 2.24) is 0 Å². The SMILES string of the molecule is [2H]c1c(-c2ccccc2)ccc(-c2c(C)ccc3c2oc2c(-c4cccc(-c5ccccc5)c4)c(C#N)ccc23)[n+]1C. The van der Waals surface area contributed by atoms with Crippen LogP contribution < -0.4 is 4.57 Å². The largest absolute Gasteiger partial charge is 0.454 e. The molecular formula is C38H27N2O+. The molecule has 0 saturated carbocycles. The average molecular weight is 529 g/mol. The lowest BCUT2D eigenvalue weighted by atomic mass is 9.94. The number of benzene rings is 5. The normalized spacial score (nSPS) is 11.5. The van der Waals surface area contributed by atoms with Gasteiger partial charge in [0.2, 0.25) is 5.69 Å². The molecule has 194 valence electrons. The van der Waals surface area contributed by atoms with E-state index in [2.05, 4.69) is 55.5 Å². The number of aryl methyl sites for hydroxylation is 1. The van der Waals surface area contributed by atoms with Gasteiger partial charge in [-0.2, -0.15) is 5.26 Å². The third-order valence-corrected chi connectivity index (χ3v) is 7.80. The van der Waals surface area contributed by atoms with Gasteiger partial charge in [0, 0.05) is 28.0 Å². The molecule has 0 bridgehead atoms. The van der Waals surface area contributed by atoms with E-state index in [1.54, 1.807) is 0 Å². The van der Waals surface area contributed by atoms with Crippen molar-refractivity contribution >= 4 is 21.9 Å². The maximum absolute atomic E-state index is 10.1. The first-order chi connectivity index (χ1) is 20.5. The van der Waals surface area contributed by atoms with Crippen molar-refractivity contribution in [3.05, 3.63) is 139 Å². The van der Waals surface area contributed by atoms with Crippen LogP contribution in [0.2, 0.25) is 0 Å². The molecule has 0 radical (unpaired) electrons. The Morgan fingerprint density at radius 2 is 1.24 bits per heavy atom. The fraction of sp³-hybridized carbons (Fsp3) is 0.0526. The van der Waals surface area contributed by atoms with E-state index in [-0.39, 0.29) is 0 Å². The van der Waals surface area contributed by atoms with Crippen LogP contribution in [0.5, 0.6) is 0 Å². The minimum atomic E-state index is 0.427. The number of aromatic nitrogens is 1. The van der Waals surface area contributed by atoms with E-state index < -0.39 is 0 Å². The first-order valence-electron chi connectivity index (χ1n) is 14.2. The zero-order chi connectivity index (χ0) is 28.8. The third-order valence-electron chi connectivity index (χ3n) is 7.80. The summed E-state index contributed by atoms with van der Waals surface area (Å²) in [4.78, 5) is 0. The molecule has 2 heterocycles. The molecule has 0 fully saturated rings. The lowest BCUT2D eigenvalue weighted by Crippen LogP contribution is -2.30. The molecular weight excluding hydrogens is 500 g/mol. The summed E-state index contributed by atoms with van der Waals surface area (Å²) < 4.78 is 17.7. The van der Waals surface area contributed by atoms with Crippen LogP contribution in [-0.2, 0) is 7.05 Å². The topological polar surface area (TPSA) is 40.8 Å². The molecule has 3 heteroatoms. The summed E-state index contributed by atoms with van der Waals surface area (Å²) in [6.07, 6.45) is 0.427. The number of hydrogen-bond donors (Lipinski definition) is 0. The van der Waals surface area contributed by atoms with Crippen LogP contribution in [0.4, 0.5) is 0 Å². The predicted octanol–water partition coefficient (Wildman–Crippen LogP) is 9.26. The summed E-state index contributed by atoms with van der Waals surface area (Å²) in [5.41, 5.74) is 10.7. The molecule has 0 spiro atoms. The van der Waals surface area contributed by atoms with Crippen molar-refractivity contribution in [2.24, 2.45) is 7.05 Å². The van der Waals surface area contributed by atoms with Gasteiger partial charge in [0.25, 0.3) is 0 Å². The van der Waals surface area contributed by atoms with Crippen LogP contribution >= 0.6 is 0 Å². The van der Waals surface area contributed by atoms with Gasteiger partial charge >= 0.3 is 0 Å². The Labute approximate surface area is 240 Å². The summed E-state index contributed by atoms with van der Waals surface area (Å²) in [7, 11) is 1.93. The van der Waals surface area contributed by atoms with Gasteiger partial charge in [0.05, 0.1) is 17.2 Å². The van der Waals surface area contributed by atoms with E-state index in [0.29, 0.717) is 17.3 Å². The third kappa shape index (κ3) is 4.18. The van der Waals surface area contributed by atoms with Crippen LogP contribution in [0.3, 0.4) is 0 Å². The second-order valence-electron chi connectivity index (χ2n) is 10.3. The molecule has 5 aromatic carbocycles. The fourth-order valence-electron chi connectivity index (χ4n) is 5.77. The summed E-state index contributed by atoms with van der Waals surface area (Å²) in [5.74, 6) is 0. The molecule has 7 rings (SSSR count). The number of rotatable bonds is 4. The maximum Gasteiger partial charge on any atom is 0.216 e. The molecule has 41 heavy (non-hydrogen) atoms. The van der Waals surface area contributed by atoms with Crippen molar-refractivity contribution < 1.29 is 10.4 Å². The molecule has 0 atom stereocenters. The lowest BCUT2D eigenvalue weighted by molar-refractivity contribution is -0.659. The highest BCUT2D eigenvalue weighted by molar-refractivity contribution is 6.14. The molecule has 2 aromatic heterocycles. The van der Waals surface area contributed by atoms with E-state index in [1.165, 1.54) is 0 Å². The zero-order valence-electron chi connectivity index (χ0n) is 23.8. The van der Waals surface area contributed by atoms with Gasteiger partial charge < -0.3 is 4.42 Å². The van der Waals surface area contributed by atoms with Crippen LogP contribution in [-0.4, -0.2) is 0 Å². The van der Waals surface area contributed by atoms with Gasteiger partial charge in [0.1, 0.15) is 19.6 Å². The number of nitriles is 1. The molecule has 0 aliphatic heterocycles. The minimum Gasteiger partial charge on any atom is -0.454 e. The Morgan fingerprint density at radius 1 is 0.634 bits per heavy atom. The molecule has 7 aromatic rings. The van der Waals surface area contributed by atoms with Crippen molar-refractivity contribution in [2.75, 3.05) is 0 Å². The number of fused-ring (bicyclic) bond motifs is 3. The van der Waals surface area contributed by atoms with Crippen LogP contribution in [0.1, 0.15) is 12.5 Å². The molecule has 0 N–H and O–H groups in total. The Bertz CT molecular complexity index is 2170. The highest BCUT2D eigenvalue weighted by atomic mass is 16.3. The quantitative estimate of drug-likeness (QED) is 0.214.